The summed E-state index contributed by atoms with van der Waals surface area (Å²) >= 11 is 9.11. The summed E-state index contributed by atoms with van der Waals surface area (Å²) in [5.74, 6) is 0. The molecule has 0 aliphatic heterocycles. The molecule has 2 aromatic heterocycles. The maximum Gasteiger partial charge on any atom is 0.208 e. The lowest BCUT2D eigenvalue weighted by Crippen LogP contribution is -2.07. The minimum absolute atomic E-state index is 0.397. The summed E-state index contributed by atoms with van der Waals surface area (Å²) in [6, 6.07) is 1.82. The molecule has 0 spiro atoms. The van der Waals surface area contributed by atoms with Gasteiger partial charge in [-0.05, 0) is 23.4 Å². The molecule has 0 radical (unpaired) electrons. The van der Waals surface area contributed by atoms with Gasteiger partial charge in [-0.2, -0.15) is 0 Å². The highest BCUT2D eigenvalue weighted by Crippen LogP contribution is 2.36. The molecule has 8 heteroatoms. The predicted octanol–water partition coefficient (Wildman–Crippen LogP) is 2.26. The van der Waals surface area contributed by atoms with Gasteiger partial charge in [0.05, 0.1) is 5.02 Å². The van der Waals surface area contributed by atoms with Gasteiger partial charge < -0.3 is 10.6 Å². The molecule has 2 rings (SSSR count). The van der Waals surface area contributed by atoms with Crippen LogP contribution < -0.4 is 10.6 Å². The molecular formula is C10H12ClN5S2. The minimum Gasteiger partial charge on any atom is -0.353 e. The van der Waals surface area contributed by atoms with Gasteiger partial charge in [0.1, 0.15) is 5.03 Å². The fourth-order valence-corrected chi connectivity index (χ4v) is 3.21. The Kier molecular flexibility index (Phi) is 4.39. The summed E-state index contributed by atoms with van der Waals surface area (Å²) in [5.41, 5.74) is 6.48. The molecule has 2 N–H and O–H groups in total. The van der Waals surface area contributed by atoms with Crippen LogP contribution in [0.15, 0.2) is 21.6 Å². The smallest absolute Gasteiger partial charge is 0.208 e. The second-order valence-corrected chi connectivity index (χ2v) is 6.21. The topological polar surface area (TPSA) is 67.9 Å². The lowest BCUT2D eigenvalue weighted by Gasteiger charge is -2.05. The average molecular weight is 302 g/mol. The lowest BCUT2D eigenvalue weighted by atomic mass is 10.3. The van der Waals surface area contributed by atoms with Crippen LogP contribution in [0, 0.1) is 0 Å². The molecule has 0 saturated carbocycles. The minimum atomic E-state index is 0.397. The maximum atomic E-state index is 6.21. The number of pyridine rings is 1. The second kappa shape index (κ2) is 5.83. The van der Waals surface area contributed by atoms with Crippen molar-refractivity contribution in [2.24, 2.45) is 5.73 Å². The summed E-state index contributed by atoms with van der Waals surface area (Å²) in [6.07, 6.45) is 1.70. The van der Waals surface area contributed by atoms with E-state index in [1.807, 2.05) is 25.1 Å². The van der Waals surface area contributed by atoms with Crippen molar-refractivity contribution in [3.05, 3.63) is 22.8 Å². The number of hydrogen-bond donors (Lipinski definition) is 1. The Hall–Kier alpha value is -0.890. The molecule has 0 aromatic carbocycles. The predicted molar refractivity (Wildman–Crippen MR) is 75.5 cm³/mol. The van der Waals surface area contributed by atoms with E-state index in [1.165, 1.54) is 23.1 Å². The first kappa shape index (κ1) is 13.5. The first-order valence-electron chi connectivity index (χ1n) is 5.14. The van der Waals surface area contributed by atoms with Crippen molar-refractivity contribution < 1.29 is 0 Å². The first-order chi connectivity index (χ1) is 8.61. The number of aromatic nitrogens is 3. The van der Waals surface area contributed by atoms with Crippen LogP contribution in [0.25, 0.3) is 0 Å². The van der Waals surface area contributed by atoms with Crippen LogP contribution in [-0.4, -0.2) is 29.3 Å². The lowest BCUT2D eigenvalue weighted by molar-refractivity contribution is 0.968. The van der Waals surface area contributed by atoms with Crippen molar-refractivity contribution in [1.82, 2.24) is 15.2 Å². The summed E-state index contributed by atoms with van der Waals surface area (Å²) in [6.45, 7) is 0.397. The van der Waals surface area contributed by atoms with E-state index in [4.69, 9.17) is 17.3 Å². The standard InChI is InChI=1S/C10H12ClN5S2/c1-16(2)9-14-15-10(18-9)17-8-7(11)6(5-12)3-4-13-8/h3-4H,5,12H2,1-2H3. The Morgan fingerprint density at radius 2 is 2.22 bits per heavy atom. The van der Waals surface area contributed by atoms with Crippen LogP contribution in [-0.2, 0) is 6.54 Å². The summed E-state index contributed by atoms with van der Waals surface area (Å²) in [5, 5.41) is 10.3. The van der Waals surface area contributed by atoms with Gasteiger partial charge in [0, 0.05) is 26.8 Å². The van der Waals surface area contributed by atoms with Crippen LogP contribution in [0.2, 0.25) is 5.02 Å². The molecule has 18 heavy (non-hydrogen) atoms. The Bertz CT molecular complexity index is 543. The van der Waals surface area contributed by atoms with Crippen molar-refractivity contribution in [2.45, 2.75) is 15.9 Å². The van der Waals surface area contributed by atoms with Gasteiger partial charge in [-0.25, -0.2) is 4.98 Å². The van der Waals surface area contributed by atoms with Gasteiger partial charge in [0.15, 0.2) is 4.34 Å². The molecule has 0 amide bonds. The van der Waals surface area contributed by atoms with Gasteiger partial charge in [-0.3, -0.25) is 0 Å². The van der Waals surface area contributed by atoms with Crippen molar-refractivity contribution in [3.8, 4) is 0 Å². The fraction of sp³-hybridized carbons (Fsp3) is 0.300. The highest BCUT2D eigenvalue weighted by Gasteiger charge is 2.12. The average Bonchev–Trinajstić information content (AvgIpc) is 2.80. The molecule has 2 heterocycles. The van der Waals surface area contributed by atoms with E-state index < -0.39 is 0 Å². The second-order valence-electron chi connectivity index (χ2n) is 3.64. The Balaban J connectivity index is 2.23. The van der Waals surface area contributed by atoms with Gasteiger partial charge >= 0.3 is 0 Å². The van der Waals surface area contributed by atoms with E-state index in [2.05, 4.69) is 15.2 Å². The Morgan fingerprint density at radius 1 is 1.44 bits per heavy atom. The quantitative estimate of drug-likeness (QED) is 0.934. The van der Waals surface area contributed by atoms with Gasteiger partial charge in [0.2, 0.25) is 5.13 Å². The molecule has 0 atom stereocenters. The number of anilines is 1. The van der Waals surface area contributed by atoms with Crippen molar-refractivity contribution in [3.63, 3.8) is 0 Å². The van der Waals surface area contributed by atoms with Gasteiger partial charge in [-0.1, -0.05) is 22.9 Å². The van der Waals surface area contributed by atoms with Crippen LogP contribution in [0.1, 0.15) is 5.56 Å². The Morgan fingerprint density at radius 3 is 2.83 bits per heavy atom. The molecule has 0 aliphatic rings. The first-order valence-corrected chi connectivity index (χ1v) is 7.15. The van der Waals surface area contributed by atoms with E-state index in [9.17, 15) is 0 Å². The summed E-state index contributed by atoms with van der Waals surface area (Å²) in [4.78, 5) is 6.15. The van der Waals surface area contributed by atoms with E-state index in [0.29, 0.717) is 16.6 Å². The Labute approximate surface area is 118 Å². The normalized spacial score (nSPS) is 10.7. The van der Waals surface area contributed by atoms with Crippen LogP contribution in [0.3, 0.4) is 0 Å². The van der Waals surface area contributed by atoms with Crippen molar-refractivity contribution >= 4 is 39.8 Å². The van der Waals surface area contributed by atoms with Crippen molar-refractivity contribution in [2.75, 3.05) is 19.0 Å². The van der Waals surface area contributed by atoms with E-state index in [1.54, 1.807) is 6.20 Å². The third kappa shape index (κ3) is 2.92. The van der Waals surface area contributed by atoms with E-state index >= 15 is 0 Å². The molecule has 0 unspecified atom stereocenters. The monoisotopic (exact) mass is 301 g/mol. The molecule has 5 nitrogen and oxygen atoms in total. The summed E-state index contributed by atoms with van der Waals surface area (Å²) in [7, 11) is 3.85. The van der Waals surface area contributed by atoms with Crippen LogP contribution in [0.4, 0.5) is 5.13 Å². The largest absolute Gasteiger partial charge is 0.353 e. The SMILES string of the molecule is CN(C)c1nnc(Sc2nccc(CN)c2Cl)s1. The molecule has 2 aromatic rings. The highest BCUT2D eigenvalue weighted by molar-refractivity contribution is 8.01. The van der Waals surface area contributed by atoms with Gasteiger partial charge in [-0.15, -0.1) is 10.2 Å². The fourth-order valence-electron chi connectivity index (χ4n) is 1.20. The molecular weight excluding hydrogens is 290 g/mol. The number of rotatable bonds is 4. The third-order valence-electron chi connectivity index (χ3n) is 2.12. The van der Waals surface area contributed by atoms with Crippen LogP contribution >= 0.6 is 34.7 Å². The number of nitrogens with zero attached hydrogens (tertiary/aromatic N) is 4. The number of nitrogens with two attached hydrogens (primary N) is 1. The molecule has 0 aliphatic carbocycles. The van der Waals surface area contributed by atoms with E-state index in [-0.39, 0.29) is 0 Å². The summed E-state index contributed by atoms with van der Waals surface area (Å²) < 4.78 is 0.808. The zero-order valence-corrected chi connectivity index (χ0v) is 12.3. The van der Waals surface area contributed by atoms with Gasteiger partial charge in [0.25, 0.3) is 0 Å². The third-order valence-corrected chi connectivity index (χ3v) is 4.80. The molecule has 0 bridgehead atoms. The highest BCUT2D eigenvalue weighted by atomic mass is 35.5. The number of halogens is 1. The molecule has 96 valence electrons. The molecule has 0 fully saturated rings. The molecule has 0 saturated heterocycles. The number of hydrogen-bond acceptors (Lipinski definition) is 7. The maximum absolute atomic E-state index is 6.21. The zero-order chi connectivity index (χ0) is 13.1. The van der Waals surface area contributed by atoms with Crippen molar-refractivity contribution in [1.29, 1.82) is 0 Å². The van der Waals surface area contributed by atoms with Crippen LogP contribution in [0.5, 0.6) is 0 Å². The zero-order valence-electron chi connectivity index (χ0n) is 9.92. The van der Waals surface area contributed by atoms with E-state index in [0.717, 1.165) is 15.0 Å².